The lowest BCUT2D eigenvalue weighted by molar-refractivity contribution is -0.132. The molecule has 1 atom stereocenters. The number of thioether (sulfide) groups is 1. The zero-order chi connectivity index (χ0) is 16.9. The van der Waals surface area contributed by atoms with Crippen LogP contribution in [0.25, 0.3) is 5.69 Å². The number of likely N-dealkylation sites (N-methyl/N-ethyl adjacent to an activating group) is 1. The van der Waals surface area contributed by atoms with Crippen molar-refractivity contribution in [1.82, 2.24) is 24.6 Å². The number of piperazine rings is 1. The molecule has 2 heterocycles. The van der Waals surface area contributed by atoms with E-state index in [0.717, 1.165) is 43.6 Å². The maximum Gasteiger partial charge on any atom is 0.235 e. The molecule has 1 aromatic heterocycles. The molecule has 0 aliphatic carbocycles. The highest BCUT2D eigenvalue weighted by Crippen LogP contribution is 2.25. The topological polar surface area (TPSA) is 54.3 Å². The Balaban J connectivity index is 1.64. The van der Waals surface area contributed by atoms with Gasteiger partial charge in [-0.3, -0.25) is 9.36 Å². The molecule has 7 heteroatoms. The molecule has 3 rings (SSSR count). The summed E-state index contributed by atoms with van der Waals surface area (Å²) in [4.78, 5) is 17.0. The van der Waals surface area contributed by atoms with Crippen LogP contribution in [-0.4, -0.2) is 68.4 Å². The van der Waals surface area contributed by atoms with Gasteiger partial charge in [-0.25, -0.2) is 0 Å². The lowest BCUT2D eigenvalue weighted by atomic mass is 10.3. The van der Waals surface area contributed by atoms with E-state index in [1.807, 2.05) is 46.7 Å². The van der Waals surface area contributed by atoms with Gasteiger partial charge >= 0.3 is 0 Å². The van der Waals surface area contributed by atoms with E-state index < -0.39 is 0 Å². The molecule has 0 N–H and O–H groups in total. The number of hydrogen-bond acceptors (Lipinski definition) is 5. The van der Waals surface area contributed by atoms with Crippen LogP contribution in [0.1, 0.15) is 13.8 Å². The third-order valence-electron chi connectivity index (χ3n) is 4.31. The first-order valence-electron chi connectivity index (χ1n) is 8.32. The second-order valence-corrected chi connectivity index (χ2v) is 7.15. The molecule has 6 nitrogen and oxygen atoms in total. The van der Waals surface area contributed by atoms with Crippen LogP contribution in [0.4, 0.5) is 0 Å². The molecule has 1 aromatic carbocycles. The third-order valence-corrected chi connectivity index (χ3v) is 5.36. The summed E-state index contributed by atoms with van der Waals surface area (Å²) in [6.45, 7) is 8.69. The van der Waals surface area contributed by atoms with Crippen molar-refractivity contribution in [2.45, 2.75) is 24.3 Å². The summed E-state index contributed by atoms with van der Waals surface area (Å²) in [5, 5.41) is 8.76. The molecular weight excluding hydrogens is 322 g/mol. The Bertz CT molecular complexity index is 667. The fourth-order valence-electron chi connectivity index (χ4n) is 2.82. The second kappa shape index (κ2) is 7.81. The van der Waals surface area contributed by atoms with Crippen LogP contribution in [0.2, 0.25) is 0 Å². The number of carbonyl (C=O) groups excluding carboxylic acids is 1. The van der Waals surface area contributed by atoms with Crippen LogP contribution < -0.4 is 0 Å². The van der Waals surface area contributed by atoms with Crippen LogP contribution in [0.15, 0.2) is 41.8 Å². The standard InChI is InChI=1S/C17H23N5OS/c1-3-20-9-11-21(12-10-20)16(23)14(2)24-17-19-18-13-22(17)15-7-5-4-6-8-15/h4-8,13-14H,3,9-12H2,1-2H3/t14-/m1/s1. The number of nitrogens with zero attached hydrogens (tertiary/aromatic N) is 5. The predicted molar refractivity (Wildman–Crippen MR) is 95.4 cm³/mol. The van der Waals surface area contributed by atoms with Crippen molar-refractivity contribution >= 4 is 17.7 Å². The van der Waals surface area contributed by atoms with Gasteiger partial charge in [0.15, 0.2) is 5.16 Å². The summed E-state index contributed by atoms with van der Waals surface area (Å²) in [7, 11) is 0. The minimum absolute atomic E-state index is 0.176. The van der Waals surface area contributed by atoms with Crippen molar-refractivity contribution in [3.8, 4) is 5.69 Å². The van der Waals surface area contributed by atoms with E-state index in [1.54, 1.807) is 6.33 Å². The van der Waals surface area contributed by atoms with Crippen molar-refractivity contribution in [2.24, 2.45) is 0 Å². The molecular formula is C17H23N5OS. The number of benzene rings is 1. The van der Waals surface area contributed by atoms with Crippen molar-refractivity contribution in [3.63, 3.8) is 0 Å². The number of rotatable bonds is 5. The van der Waals surface area contributed by atoms with E-state index in [9.17, 15) is 4.79 Å². The quantitative estimate of drug-likeness (QED) is 0.775. The van der Waals surface area contributed by atoms with Gasteiger partial charge < -0.3 is 9.80 Å². The summed E-state index contributed by atoms with van der Waals surface area (Å²) in [5.41, 5.74) is 1.00. The second-order valence-electron chi connectivity index (χ2n) is 5.84. The van der Waals surface area contributed by atoms with Crippen LogP contribution in [0.5, 0.6) is 0 Å². The largest absolute Gasteiger partial charge is 0.339 e. The van der Waals surface area contributed by atoms with Crippen LogP contribution in [0.3, 0.4) is 0 Å². The normalized spacial score (nSPS) is 17.0. The minimum Gasteiger partial charge on any atom is -0.339 e. The van der Waals surface area contributed by atoms with Crippen molar-refractivity contribution in [3.05, 3.63) is 36.7 Å². The smallest absolute Gasteiger partial charge is 0.235 e. The monoisotopic (exact) mass is 345 g/mol. The lowest BCUT2D eigenvalue weighted by Gasteiger charge is -2.35. The maximum absolute atomic E-state index is 12.7. The van der Waals surface area contributed by atoms with Crippen molar-refractivity contribution < 1.29 is 4.79 Å². The summed E-state index contributed by atoms with van der Waals surface area (Å²) < 4.78 is 1.92. The van der Waals surface area contributed by atoms with E-state index in [-0.39, 0.29) is 11.2 Å². The maximum atomic E-state index is 12.7. The molecule has 1 aliphatic rings. The van der Waals surface area contributed by atoms with Crippen LogP contribution in [-0.2, 0) is 4.79 Å². The molecule has 1 fully saturated rings. The van der Waals surface area contributed by atoms with Crippen LogP contribution in [0, 0.1) is 0 Å². The first kappa shape index (κ1) is 17.0. The Morgan fingerprint density at radius 1 is 1.21 bits per heavy atom. The zero-order valence-electron chi connectivity index (χ0n) is 14.1. The van der Waals surface area contributed by atoms with Gasteiger partial charge in [-0.2, -0.15) is 0 Å². The van der Waals surface area contributed by atoms with Gasteiger partial charge in [0.1, 0.15) is 6.33 Å². The molecule has 0 radical (unpaired) electrons. The van der Waals surface area contributed by atoms with Gasteiger partial charge in [0.05, 0.1) is 5.25 Å². The van der Waals surface area contributed by atoms with Gasteiger partial charge in [-0.1, -0.05) is 36.9 Å². The van der Waals surface area contributed by atoms with Gasteiger partial charge in [0.25, 0.3) is 0 Å². The Kier molecular flexibility index (Phi) is 5.52. The minimum atomic E-state index is -0.176. The fraction of sp³-hybridized carbons (Fsp3) is 0.471. The van der Waals surface area contributed by atoms with Gasteiger partial charge in [0, 0.05) is 31.9 Å². The molecule has 0 unspecified atom stereocenters. The van der Waals surface area contributed by atoms with E-state index in [4.69, 9.17) is 0 Å². The van der Waals surface area contributed by atoms with E-state index >= 15 is 0 Å². The first-order chi connectivity index (χ1) is 11.7. The number of carbonyl (C=O) groups is 1. The Labute approximate surface area is 146 Å². The van der Waals surface area contributed by atoms with Gasteiger partial charge in [-0.15, -0.1) is 10.2 Å². The van der Waals surface area contributed by atoms with Crippen LogP contribution >= 0.6 is 11.8 Å². The average molecular weight is 345 g/mol. The van der Waals surface area contributed by atoms with Crippen molar-refractivity contribution in [1.29, 1.82) is 0 Å². The zero-order valence-corrected chi connectivity index (χ0v) is 14.9. The molecule has 1 aliphatic heterocycles. The highest BCUT2D eigenvalue weighted by atomic mass is 32.2. The average Bonchev–Trinajstić information content (AvgIpc) is 3.10. The van der Waals surface area contributed by atoms with Gasteiger partial charge in [-0.05, 0) is 25.6 Å². The summed E-state index contributed by atoms with van der Waals surface area (Å²) in [6.07, 6.45) is 1.69. The molecule has 0 saturated carbocycles. The molecule has 24 heavy (non-hydrogen) atoms. The Morgan fingerprint density at radius 3 is 2.58 bits per heavy atom. The Morgan fingerprint density at radius 2 is 1.92 bits per heavy atom. The number of para-hydroxylation sites is 1. The Hall–Kier alpha value is -1.86. The predicted octanol–water partition coefficient (Wildman–Crippen LogP) is 1.91. The summed E-state index contributed by atoms with van der Waals surface area (Å²) in [5.74, 6) is 0.179. The van der Waals surface area contributed by atoms with Gasteiger partial charge in [0.2, 0.25) is 5.91 Å². The molecule has 128 valence electrons. The lowest BCUT2D eigenvalue weighted by Crippen LogP contribution is -2.50. The third kappa shape index (κ3) is 3.79. The molecule has 0 bridgehead atoms. The number of amides is 1. The fourth-order valence-corrected chi connectivity index (χ4v) is 3.75. The molecule has 0 spiro atoms. The molecule has 2 aromatic rings. The number of hydrogen-bond donors (Lipinski definition) is 0. The number of aromatic nitrogens is 3. The van der Waals surface area contributed by atoms with Crippen molar-refractivity contribution in [2.75, 3.05) is 32.7 Å². The summed E-state index contributed by atoms with van der Waals surface area (Å²) >= 11 is 1.46. The van der Waals surface area contributed by atoms with E-state index in [2.05, 4.69) is 22.0 Å². The van der Waals surface area contributed by atoms with E-state index in [0.29, 0.717) is 0 Å². The first-order valence-corrected chi connectivity index (χ1v) is 9.20. The molecule has 1 saturated heterocycles. The highest BCUT2D eigenvalue weighted by Gasteiger charge is 2.26. The highest BCUT2D eigenvalue weighted by molar-refractivity contribution is 8.00. The van der Waals surface area contributed by atoms with E-state index in [1.165, 1.54) is 11.8 Å². The molecule has 1 amide bonds. The SMILES string of the molecule is CCN1CCN(C(=O)[C@@H](C)Sc2nncn2-c2ccccc2)CC1. The summed E-state index contributed by atoms with van der Waals surface area (Å²) in [6, 6.07) is 9.94.